The number of nitro groups is 1. The summed E-state index contributed by atoms with van der Waals surface area (Å²) in [4.78, 5) is 35.0. The molecule has 2 aromatic carbocycles. The second-order valence-corrected chi connectivity index (χ2v) is 7.78. The normalized spacial score (nSPS) is 14.6. The van der Waals surface area contributed by atoms with Crippen molar-refractivity contribution in [1.29, 1.82) is 0 Å². The first kappa shape index (κ1) is 20.3. The number of hydrogen-bond acceptors (Lipinski definition) is 5. The number of halogens is 2. The number of rotatable bonds is 6. The number of benzene rings is 2. The Kier molecular flexibility index (Phi) is 6.00. The molecule has 1 aliphatic carbocycles. The summed E-state index contributed by atoms with van der Waals surface area (Å²) in [6.07, 6.45) is 2.21. The molecule has 1 aliphatic rings. The molecule has 0 aromatic heterocycles. The average Bonchev–Trinajstić information content (AvgIpc) is 2.62. The fourth-order valence-electron chi connectivity index (χ4n) is 3.08. The molecule has 0 bridgehead atoms. The second kappa shape index (κ2) is 8.28. The minimum Gasteiger partial charge on any atom is -0.455 e. The summed E-state index contributed by atoms with van der Waals surface area (Å²) < 4.78 is 5.62. The maximum atomic E-state index is 12.7. The number of nitro benzene ring substituents is 1. The predicted molar refractivity (Wildman–Crippen MR) is 107 cm³/mol. The number of carbonyl (C=O) groups excluding carboxylic acids is 2. The molecule has 9 heteroatoms. The quantitative estimate of drug-likeness (QED) is 0.380. The number of ether oxygens (including phenoxy) is 1. The van der Waals surface area contributed by atoms with E-state index in [1.807, 2.05) is 0 Å². The second-order valence-electron chi connectivity index (χ2n) is 6.49. The van der Waals surface area contributed by atoms with E-state index in [2.05, 4.69) is 21.2 Å². The van der Waals surface area contributed by atoms with Crippen molar-refractivity contribution < 1.29 is 19.2 Å². The van der Waals surface area contributed by atoms with Crippen molar-refractivity contribution in [3.8, 4) is 0 Å². The van der Waals surface area contributed by atoms with Crippen molar-refractivity contribution in [2.75, 3.05) is 11.9 Å². The molecular weight excluding hydrogens is 452 g/mol. The van der Waals surface area contributed by atoms with E-state index in [4.69, 9.17) is 16.3 Å². The summed E-state index contributed by atoms with van der Waals surface area (Å²) >= 11 is 9.09. The number of esters is 1. The highest BCUT2D eigenvalue weighted by atomic mass is 79.9. The van der Waals surface area contributed by atoms with E-state index in [1.54, 1.807) is 24.3 Å². The first-order valence-electron chi connectivity index (χ1n) is 8.49. The molecule has 146 valence electrons. The number of hydrogen-bond donors (Lipinski definition) is 1. The van der Waals surface area contributed by atoms with Crippen LogP contribution in [0.5, 0.6) is 0 Å². The smallest absolute Gasteiger partial charge is 0.317 e. The third-order valence-corrected chi connectivity index (χ3v) is 5.67. The van der Waals surface area contributed by atoms with Crippen LogP contribution < -0.4 is 5.32 Å². The molecule has 1 amide bonds. The van der Waals surface area contributed by atoms with Gasteiger partial charge in [-0.05, 0) is 52.5 Å². The fraction of sp³-hybridized carbons (Fsp3) is 0.263. The third-order valence-electron chi connectivity index (χ3n) is 4.77. The van der Waals surface area contributed by atoms with Crippen molar-refractivity contribution >= 4 is 50.8 Å². The van der Waals surface area contributed by atoms with Crippen LogP contribution in [0.25, 0.3) is 0 Å². The Hall–Kier alpha value is -2.45. The maximum Gasteiger partial charge on any atom is 0.317 e. The number of amides is 1. The monoisotopic (exact) mass is 466 g/mol. The Labute approximate surface area is 174 Å². The Balaban J connectivity index is 1.62. The van der Waals surface area contributed by atoms with Crippen molar-refractivity contribution in [2.45, 2.75) is 24.7 Å². The summed E-state index contributed by atoms with van der Waals surface area (Å²) in [5.41, 5.74) is 0.333. The molecule has 28 heavy (non-hydrogen) atoms. The number of nitrogens with zero attached hydrogens (tertiary/aromatic N) is 1. The van der Waals surface area contributed by atoms with E-state index in [-0.39, 0.29) is 5.69 Å². The van der Waals surface area contributed by atoms with Crippen molar-refractivity contribution in [3.63, 3.8) is 0 Å². The molecule has 2 aromatic rings. The Morgan fingerprint density at radius 2 is 1.89 bits per heavy atom. The van der Waals surface area contributed by atoms with E-state index in [0.717, 1.165) is 12.0 Å². The molecular formula is C19H16BrClN2O5. The van der Waals surface area contributed by atoms with Crippen LogP contribution in [-0.4, -0.2) is 23.4 Å². The summed E-state index contributed by atoms with van der Waals surface area (Å²) in [6, 6.07) is 11.0. The SMILES string of the molecule is O=C(COC(=O)C1(c2ccc(Cl)cc2)CCC1)Nc1ccc([N+](=O)[O-])cc1Br. The summed E-state index contributed by atoms with van der Waals surface area (Å²) in [6.45, 7) is -0.447. The van der Waals surface area contributed by atoms with E-state index in [0.29, 0.717) is 28.0 Å². The zero-order chi connectivity index (χ0) is 20.3. The van der Waals surface area contributed by atoms with Crippen LogP contribution in [-0.2, 0) is 19.7 Å². The highest BCUT2D eigenvalue weighted by Crippen LogP contribution is 2.45. The van der Waals surface area contributed by atoms with Crippen molar-refractivity contribution in [3.05, 3.63) is 67.6 Å². The first-order chi connectivity index (χ1) is 13.3. The molecule has 7 nitrogen and oxygen atoms in total. The lowest BCUT2D eigenvalue weighted by Crippen LogP contribution is -2.44. The van der Waals surface area contributed by atoms with Gasteiger partial charge in [-0.15, -0.1) is 0 Å². The molecule has 0 radical (unpaired) electrons. The van der Waals surface area contributed by atoms with Crippen molar-refractivity contribution in [2.24, 2.45) is 0 Å². The zero-order valence-corrected chi connectivity index (χ0v) is 17.0. The van der Waals surface area contributed by atoms with E-state index < -0.39 is 28.8 Å². The maximum absolute atomic E-state index is 12.7. The van der Waals surface area contributed by atoms with Gasteiger partial charge in [0.1, 0.15) is 0 Å². The summed E-state index contributed by atoms with van der Waals surface area (Å²) in [5.74, 6) is -0.979. The van der Waals surface area contributed by atoms with Gasteiger partial charge in [-0.3, -0.25) is 19.7 Å². The minimum absolute atomic E-state index is 0.105. The van der Waals surface area contributed by atoms with E-state index in [1.165, 1.54) is 18.2 Å². The van der Waals surface area contributed by atoms with Crippen LogP contribution in [0.3, 0.4) is 0 Å². The number of non-ortho nitro benzene ring substituents is 1. The number of anilines is 1. The van der Waals surface area contributed by atoms with Crippen molar-refractivity contribution in [1.82, 2.24) is 0 Å². The largest absolute Gasteiger partial charge is 0.455 e. The van der Waals surface area contributed by atoms with Gasteiger partial charge in [0.25, 0.3) is 11.6 Å². The first-order valence-corrected chi connectivity index (χ1v) is 9.66. The highest BCUT2D eigenvalue weighted by Gasteiger charge is 2.47. The summed E-state index contributed by atoms with van der Waals surface area (Å²) in [7, 11) is 0. The average molecular weight is 468 g/mol. The Morgan fingerprint density at radius 1 is 1.21 bits per heavy atom. The molecule has 0 spiro atoms. The van der Waals surface area contributed by atoms with Gasteiger partial charge in [0, 0.05) is 21.6 Å². The highest BCUT2D eigenvalue weighted by molar-refractivity contribution is 9.10. The summed E-state index contributed by atoms with van der Waals surface area (Å²) in [5, 5.41) is 13.9. The number of carbonyl (C=O) groups is 2. The lowest BCUT2D eigenvalue weighted by Gasteiger charge is -2.39. The Bertz CT molecular complexity index is 928. The zero-order valence-electron chi connectivity index (χ0n) is 14.6. The Morgan fingerprint density at radius 3 is 2.43 bits per heavy atom. The molecule has 3 rings (SSSR count). The number of nitrogens with one attached hydrogen (secondary N) is 1. The molecule has 0 aliphatic heterocycles. The topological polar surface area (TPSA) is 98.5 Å². The van der Waals surface area contributed by atoms with Gasteiger partial charge in [0.2, 0.25) is 0 Å². The predicted octanol–water partition coefficient (Wildman–Crippen LogP) is 4.61. The van der Waals surface area contributed by atoms with Gasteiger partial charge < -0.3 is 10.1 Å². The van der Waals surface area contributed by atoms with E-state index in [9.17, 15) is 19.7 Å². The van der Waals surface area contributed by atoms with Crippen LogP contribution in [0.2, 0.25) is 5.02 Å². The van der Waals surface area contributed by atoms with Gasteiger partial charge in [0.05, 0.1) is 16.0 Å². The molecule has 0 unspecified atom stereocenters. The van der Waals surface area contributed by atoms with Crippen LogP contribution >= 0.6 is 27.5 Å². The molecule has 0 heterocycles. The molecule has 1 fully saturated rings. The van der Waals surface area contributed by atoms with Gasteiger partial charge in [-0.1, -0.05) is 30.2 Å². The molecule has 0 atom stereocenters. The van der Waals surface area contributed by atoms with Gasteiger partial charge in [-0.2, -0.15) is 0 Å². The molecule has 1 saturated carbocycles. The lowest BCUT2D eigenvalue weighted by molar-refractivity contribution is -0.384. The minimum atomic E-state index is -0.737. The van der Waals surface area contributed by atoms with Gasteiger partial charge in [-0.25, -0.2) is 0 Å². The van der Waals surface area contributed by atoms with Gasteiger partial charge >= 0.3 is 5.97 Å². The fourth-order valence-corrected chi connectivity index (χ4v) is 3.68. The standard InChI is InChI=1S/C19H16BrClN2O5/c20-15-10-14(23(26)27)6-7-16(15)22-17(24)11-28-18(25)19(8-1-9-19)12-2-4-13(21)5-3-12/h2-7,10H,1,8-9,11H2,(H,22,24). The van der Waals surface area contributed by atoms with Gasteiger partial charge in [0.15, 0.2) is 6.61 Å². The molecule has 1 N–H and O–H groups in total. The third kappa shape index (κ3) is 4.18. The molecule has 0 saturated heterocycles. The van der Waals surface area contributed by atoms with Crippen LogP contribution in [0.4, 0.5) is 11.4 Å². The van der Waals surface area contributed by atoms with Crippen LogP contribution in [0.15, 0.2) is 46.9 Å². The van der Waals surface area contributed by atoms with Crippen LogP contribution in [0, 0.1) is 10.1 Å². The lowest BCUT2D eigenvalue weighted by atomic mass is 9.64. The van der Waals surface area contributed by atoms with Crippen LogP contribution in [0.1, 0.15) is 24.8 Å². The van der Waals surface area contributed by atoms with E-state index >= 15 is 0 Å².